The van der Waals surface area contributed by atoms with Crippen molar-refractivity contribution in [2.45, 2.75) is 31.7 Å². The molecule has 3 amide bonds. The molecule has 0 unspecified atom stereocenters. The molecular formula is C37H37N7O3. The summed E-state index contributed by atoms with van der Waals surface area (Å²) in [6.07, 6.45) is 2.96. The molecule has 0 spiro atoms. The molecule has 0 radical (unpaired) electrons. The number of nitrogens with two attached hydrogens (primary N) is 1. The van der Waals surface area contributed by atoms with E-state index in [0.29, 0.717) is 41.8 Å². The average Bonchev–Trinajstić information content (AvgIpc) is 3.43. The maximum Gasteiger partial charge on any atom is 0.278 e. The normalized spacial score (nSPS) is 14.2. The predicted octanol–water partition coefficient (Wildman–Crippen LogP) is 4.44. The number of nitrogens with zero attached hydrogens (tertiary/aromatic N) is 4. The minimum atomic E-state index is -0.374. The molecule has 2 heterocycles. The number of amidine groups is 1. The van der Waals surface area contributed by atoms with Gasteiger partial charge in [-0.25, -0.2) is 9.99 Å². The molecular weight excluding hydrogens is 590 g/mol. The predicted molar refractivity (Wildman–Crippen MR) is 182 cm³/mol. The molecule has 5 aromatic rings. The van der Waals surface area contributed by atoms with Crippen molar-refractivity contribution >= 4 is 34.6 Å². The summed E-state index contributed by atoms with van der Waals surface area (Å²) in [5.74, 6) is 0.464. The maximum absolute atomic E-state index is 13.1. The van der Waals surface area contributed by atoms with Gasteiger partial charge in [0.15, 0.2) is 0 Å². The van der Waals surface area contributed by atoms with Gasteiger partial charge in [0, 0.05) is 54.9 Å². The van der Waals surface area contributed by atoms with Gasteiger partial charge in [0.1, 0.15) is 11.7 Å². The lowest BCUT2D eigenvalue weighted by atomic mass is 10.1. The van der Waals surface area contributed by atoms with Gasteiger partial charge < -0.3 is 15.6 Å². The van der Waals surface area contributed by atoms with Crippen LogP contribution < -0.4 is 16.5 Å². The Morgan fingerprint density at radius 1 is 0.787 bits per heavy atom. The zero-order valence-corrected chi connectivity index (χ0v) is 26.2. The summed E-state index contributed by atoms with van der Waals surface area (Å²) in [5.41, 5.74) is 14.3. The molecule has 0 atom stereocenters. The molecule has 1 fully saturated rings. The fourth-order valence-electron chi connectivity index (χ4n) is 5.73. The number of benzene rings is 4. The quantitative estimate of drug-likeness (QED) is 0.163. The third kappa shape index (κ3) is 7.62. The van der Waals surface area contributed by atoms with Crippen molar-refractivity contribution in [3.63, 3.8) is 0 Å². The second kappa shape index (κ2) is 14.2. The molecule has 0 saturated carbocycles. The van der Waals surface area contributed by atoms with Crippen LogP contribution in [0, 0.1) is 0 Å². The van der Waals surface area contributed by atoms with E-state index in [4.69, 9.17) is 10.7 Å². The highest BCUT2D eigenvalue weighted by molar-refractivity contribution is 6.08. The number of carbonyl (C=O) groups excluding carboxylic acids is 3. The fourth-order valence-corrected chi connectivity index (χ4v) is 5.73. The molecule has 1 aliphatic rings. The summed E-state index contributed by atoms with van der Waals surface area (Å²) >= 11 is 0. The van der Waals surface area contributed by atoms with Gasteiger partial charge in [-0.1, -0.05) is 60.7 Å². The van der Waals surface area contributed by atoms with Crippen LogP contribution >= 0.6 is 0 Å². The van der Waals surface area contributed by atoms with Crippen LogP contribution in [0.25, 0.3) is 11.0 Å². The summed E-state index contributed by atoms with van der Waals surface area (Å²) in [7, 11) is 1.98. The van der Waals surface area contributed by atoms with Crippen molar-refractivity contribution in [2.24, 2.45) is 17.8 Å². The molecule has 0 aliphatic carbocycles. The minimum Gasteiger partial charge on any atom is -0.383 e. The van der Waals surface area contributed by atoms with Gasteiger partial charge in [-0.05, 0) is 67.3 Å². The summed E-state index contributed by atoms with van der Waals surface area (Å²) in [6, 6.07) is 31.4. The minimum absolute atomic E-state index is 0.0691. The lowest BCUT2D eigenvalue weighted by Crippen LogP contribution is -2.51. The number of hydrogen-bond donors (Lipinski definition) is 3. The standard InChI is InChI=1S/C37H37N7O3/c1-43-32-18-17-29(37(47)42-44-22-20-30(21-23-44)39-35(45)27-8-4-2-5-9-27)24-31(32)40-33(43)19-14-25-12-15-26(16-13-25)34(38)41-36(46)28-10-6-3-7-11-28/h2-13,15-18,24,30H,14,19-23H2,1H3,(H,39,45)(H,42,47)(H2,38,41,46). The largest absolute Gasteiger partial charge is 0.383 e. The number of aromatic nitrogens is 2. The van der Waals surface area contributed by atoms with Crippen LogP contribution in [0.15, 0.2) is 108 Å². The number of hydrazine groups is 1. The molecule has 1 aliphatic heterocycles. The number of hydrogen-bond acceptors (Lipinski definition) is 5. The van der Waals surface area contributed by atoms with Crippen molar-refractivity contribution in [3.8, 4) is 0 Å². The molecule has 1 saturated heterocycles. The van der Waals surface area contributed by atoms with Crippen molar-refractivity contribution in [2.75, 3.05) is 13.1 Å². The third-order valence-electron chi connectivity index (χ3n) is 8.49. The molecule has 4 N–H and O–H groups in total. The number of nitrogens with one attached hydrogen (secondary N) is 2. The van der Waals surface area contributed by atoms with Gasteiger partial charge >= 0.3 is 0 Å². The highest BCUT2D eigenvalue weighted by Gasteiger charge is 2.23. The van der Waals surface area contributed by atoms with Crippen LogP contribution in [-0.2, 0) is 19.9 Å². The van der Waals surface area contributed by atoms with E-state index >= 15 is 0 Å². The van der Waals surface area contributed by atoms with Crippen molar-refractivity contribution < 1.29 is 14.4 Å². The first-order valence-electron chi connectivity index (χ1n) is 15.7. The SMILES string of the molecule is Cn1c(CCc2ccc(C(N)=NC(=O)c3ccccc3)cc2)nc2cc(C(=O)NN3CCC(NC(=O)c4ccccc4)CC3)ccc21. The Morgan fingerprint density at radius 2 is 1.43 bits per heavy atom. The smallest absolute Gasteiger partial charge is 0.278 e. The number of carbonyl (C=O) groups is 3. The van der Waals surface area contributed by atoms with Crippen LogP contribution in [0.1, 0.15) is 60.9 Å². The highest BCUT2D eigenvalue weighted by Crippen LogP contribution is 2.19. The molecule has 0 bridgehead atoms. The summed E-state index contributed by atoms with van der Waals surface area (Å²) in [4.78, 5) is 46.9. The Balaban J connectivity index is 1.02. The molecule has 47 heavy (non-hydrogen) atoms. The zero-order valence-electron chi connectivity index (χ0n) is 26.2. The number of rotatable bonds is 9. The van der Waals surface area contributed by atoms with Gasteiger partial charge in [0.25, 0.3) is 17.7 Å². The van der Waals surface area contributed by atoms with Gasteiger partial charge in [-0.3, -0.25) is 19.8 Å². The Kier molecular flexibility index (Phi) is 9.49. The van der Waals surface area contributed by atoms with Gasteiger partial charge in [-0.2, -0.15) is 4.99 Å². The Morgan fingerprint density at radius 3 is 2.11 bits per heavy atom. The number of amides is 3. The van der Waals surface area contributed by atoms with E-state index < -0.39 is 0 Å². The first-order chi connectivity index (χ1) is 22.8. The van der Waals surface area contributed by atoms with Crippen molar-refractivity contribution in [1.82, 2.24) is 25.3 Å². The van der Waals surface area contributed by atoms with Crippen molar-refractivity contribution in [3.05, 3.63) is 137 Å². The van der Waals surface area contributed by atoms with Crippen LogP contribution in [0.5, 0.6) is 0 Å². The molecule has 238 valence electrons. The zero-order chi connectivity index (χ0) is 32.8. The topological polar surface area (TPSA) is 135 Å². The number of aliphatic imine (C=N–C) groups is 1. The van der Waals surface area contributed by atoms with Gasteiger partial charge in [0.2, 0.25) is 0 Å². The first kappa shape index (κ1) is 31.4. The van der Waals surface area contributed by atoms with Crippen molar-refractivity contribution in [1.29, 1.82) is 0 Å². The van der Waals surface area contributed by atoms with E-state index in [2.05, 4.69) is 20.3 Å². The number of imidazole rings is 1. The Hall–Kier alpha value is -5.61. The average molecular weight is 628 g/mol. The number of aryl methyl sites for hydroxylation is 3. The Bertz CT molecular complexity index is 1910. The monoisotopic (exact) mass is 627 g/mol. The maximum atomic E-state index is 13.1. The first-order valence-corrected chi connectivity index (χ1v) is 15.7. The van der Waals surface area contributed by atoms with E-state index in [1.54, 1.807) is 36.4 Å². The summed E-state index contributed by atoms with van der Waals surface area (Å²) < 4.78 is 2.06. The lowest BCUT2D eigenvalue weighted by molar-refractivity contribution is 0.0702. The van der Waals surface area contributed by atoms with Gasteiger partial charge in [-0.15, -0.1) is 0 Å². The van der Waals surface area contributed by atoms with E-state index in [0.717, 1.165) is 41.7 Å². The number of piperidine rings is 1. The van der Waals surface area contributed by atoms with E-state index in [1.165, 1.54) is 0 Å². The summed E-state index contributed by atoms with van der Waals surface area (Å²) in [5, 5.41) is 5.01. The van der Waals surface area contributed by atoms with Crippen LogP contribution in [-0.4, -0.2) is 57.2 Å². The second-order valence-electron chi connectivity index (χ2n) is 11.7. The van der Waals surface area contributed by atoms with E-state index in [-0.39, 0.29) is 29.6 Å². The number of fused-ring (bicyclic) bond motifs is 1. The van der Waals surface area contributed by atoms with Crippen LogP contribution in [0.4, 0.5) is 0 Å². The third-order valence-corrected chi connectivity index (χ3v) is 8.49. The molecule has 1 aromatic heterocycles. The second-order valence-corrected chi connectivity index (χ2v) is 11.7. The summed E-state index contributed by atoms with van der Waals surface area (Å²) in [6.45, 7) is 1.29. The molecule has 10 nitrogen and oxygen atoms in total. The molecule has 4 aromatic carbocycles. The molecule has 10 heteroatoms. The fraction of sp³-hybridized carbons (Fsp3) is 0.216. The van der Waals surface area contributed by atoms with E-state index in [1.807, 2.05) is 78.8 Å². The highest BCUT2D eigenvalue weighted by atomic mass is 16.2. The lowest BCUT2D eigenvalue weighted by Gasteiger charge is -2.32. The van der Waals surface area contributed by atoms with Gasteiger partial charge in [0.05, 0.1) is 11.0 Å². The van der Waals surface area contributed by atoms with Crippen LogP contribution in [0.2, 0.25) is 0 Å². The Labute approximate surface area is 273 Å². The molecule has 6 rings (SSSR count). The van der Waals surface area contributed by atoms with E-state index in [9.17, 15) is 14.4 Å². The van der Waals surface area contributed by atoms with Crippen LogP contribution in [0.3, 0.4) is 0 Å².